The molecule has 1 aromatic heterocycles. The molecule has 2 N–H and O–H groups in total. The van der Waals surface area contributed by atoms with Crippen molar-refractivity contribution in [1.29, 1.82) is 0 Å². The van der Waals surface area contributed by atoms with Crippen molar-refractivity contribution >= 4 is 17.5 Å². The average molecular weight is 347 g/mol. The molecule has 0 aromatic carbocycles. The summed E-state index contributed by atoms with van der Waals surface area (Å²) in [4.78, 5) is 17.4. The first-order valence-corrected chi connectivity index (χ1v) is 9.58. The molecule has 1 heterocycles. The second-order valence-corrected chi connectivity index (χ2v) is 8.93. The maximum Gasteiger partial charge on any atom is 0.254 e. The van der Waals surface area contributed by atoms with Gasteiger partial charge in [0.05, 0.1) is 21.9 Å². The maximum atomic E-state index is 13.0. The lowest BCUT2D eigenvalue weighted by molar-refractivity contribution is -0.136. The number of nitrogens with zero attached hydrogens (tertiary/aromatic N) is 1. The highest BCUT2D eigenvalue weighted by molar-refractivity contribution is 6.34. The molecule has 0 aliphatic heterocycles. The molecule has 0 saturated heterocycles. The van der Waals surface area contributed by atoms with E-state index in [0.717, 1.165) is 50.6 Å². The SMILES string of the molecule is O=C(NC1[C@@H]2CC3C[C@H]1CC(O)(C3)C2)c1c(Cl)ccnc1C1CC1. The monoisotopic (exact) mass is 346 g/mol. The van der Waals surface area contributed by atoms with Crippen LogP contribution in [-0.2, 0) is 0 Å². The highest BCUT2D eigenvalue weighted by Crippen LogP contribution is 2.55. The average Bonchev–Trinajstić information content (AvgIpc) is 3.33. The zero-order valence-electron chi connectivity index (χ0n) is 13.7. The zero-order chi connectivity index (χ0) is 16.5. The molecule has 1 amide bonds. The number of halogens is 1. The fraction of sp³-hybridized carbons (Fsp3) is 0.684. The van der Waals surface area contributed by atoms with Crippen LogP contribution in [0.2, 0.25) is 5.02 Å². The molecule has 0 radical (unpaired) electrons. The third kappa shape index (κ3) is 2.38. The van der Waals surface area contributed by atoms with Gasteiger partial charge < -0.3 is 10.4 Å². The zero-order valence-corrected chi connectivity index (χ0v) is 14.4. The van der Waals surface area contributed by atoms with Gasteiger partial charge in [-0.1, -0.05) is 11.6 Å². The topological polar surface area (TPSA) is 62.2 Å². The predicted molar refractivity (Wildman–Crippen MR) is 91.0 cm³/mol. The Bertz CT molecular complexity index is 687. The molecule has 0 spiro atoms. The lowest BCUT2D eigenvalue weighted by Gasteiger charge is -2.58. The van der Waals surface area contributed by atoms with Crippen molar-refractivity contribution in [3.63, 3.8) is 0 Å². The van der Waals surface area contributed by atoms with Crippen LogP contribution in [0.15, 0.2) is 12.3 Å². The van der Waals surface area contributed by atoms with Gasteiger partial charge in [0.15, 0.2) is 0 Å². The standard InChI is InChI=1S/C19H23ClN2O2/c20-14-3-4-21-17(11-1-2-11)15(14)18(23)22-16-12-5-10-6-13(16)9-19(24,7-10)8-12/h3-4,10-13,16,24H,1-2,5-9H2,(H,22,23)/t10?,12-,13+,16?,19?. The van der Waals surface area contributed by atoms with E-state index in [-0.39, 0.29) is 11.9 Å². The normalized spacial score (nSPS) is 39.9. The van der Waals surface area contributed by atoms with Crippen molar-refractivity contribution in [2.75, 3.05) is 0 Å². The van der Waals surface area contributed by atoms with Crippen LogP contribution in [0, 0.1) is 17.8 Å². The van der Waals surface area contributed by atoms with Crippen molar-refractivity contribution in [3.8, 4) is 0 Å². The van der Waals surface area contributed by atoms with E-state index in [0.29, 0.717) is 34.3 Å². The number of aromatic nitrogens is 1. The van der Waals surface area contributed by atoms with Gasteiger partial charge in [0.25, 0.3) is 5.91 Å². The van der Waals surface area contributed by atoms with Crippen LogP contribution in [-0.4, -0.2) is 27.6 Å². The maximum absolute atomic E-state index is 13.0. The van der Waals surface area contributed by atoms with Crippen molar-refractivity contribution in [3.05, 3.63) is 28.5 Å². The van der Waals surface area contributed by atoms with E-state index in [1.54, 1.807) is 12.3 Å². The van der Waals surface area contributed by atoms with Crippen LogP contribution in [0.4, 0.5) is 0 Å². The number of carbonyl (C=O) groups is 1. The predicted octanol–water partition coefficient (Wildman–Crippen LogP) is 3.28. The van der Waals surface area contributed by atoms with E-state index < -0.39 is 5.60 Å². The van der Waals surface area contributed by atoms with Crippen molar-refractivity contribution in [2.24, 2.45) is 17.8 Å². The molecule has 128 valence electrons. The minimum Gasteiger partial charge on any atom is -0.390 e. The number of aliphatic hydroxyl groups is 1. The molecule has 1 aromatic rings. The van der Waals surface area contributed by atoms with E-state index in [1.165, 1.54) is 0 Å². The Morgan fingerprint density at radius 3 is 2.58 bits per heavy atom. The number of hydrogen-bond donors (Lipinski definition) is 2. The first-order valence-electron chi connectivity index (χ1n) is 9.20. The molecule has 3 unspecified atom stereocenters. The molecule has 4 nitrogen and oxygen atoms in total. The fourth-order valence-corrected chi connectivity index (χ4v) is 6.02. The number of carbonyl (C=O) groups excluding carboxylic acids is 1. The van der Waals surface area contributed by atoms with E-state index >= 15 is 0 Å². The highest BCUT2D eigenvalue weighted by atomic mass is 35.5. The van der Waals surface area contributed by atoms with E-state index in [9.17, 15) is 9.90 Å². The van der Waals surface area contributed by atoms with Gasteiger partial charge in [0, 0.05) is 18.2 Å². The number of pyridine rings is 1. The fourth-order valence-electron chi connectivity index (χ4n) is 5.78. The summed E-state index contributed by atoms with van der Waals surface area (Å²) >= 11 is 6.35. The smallest absolute Gasteiger partial charge is 0.254 e. The molecule has 24 heavy (non-hydrogen) atoms. The second-order valence-electron chi connectivity index (χ2n) is 8.52. The Kier molecular flexibility index (Phi) is 3.27. The van der Waals surface area contributed by atoms with Gasteiger partial charge in [0.1, 0.15) is 0 Å². The Hall–Kier alpha value is -1.13. The number of rotatable bonds is 3. The van der Waals surface area contributed by atoms with Gasteiger partial charge in [-0.15, -0.1) is 0 Å². The lowest BCUT2D eigenvalue weighted by atomic mass is 9.52. The van der Waals surface area contributed by atoms with Crippen LogP contribution in [0.3, 0.4) is 0 Å². The summed E-state index contributed by atoms with van der Waals surface area (Å²) in [5, 5.41) is 14.5. The Morgan fingerprint density at radius 2 is 1.96 bits per heavy atom. The first kappa shape index (κ1) is 15.2. The molecular formula is C19H23ClN2O2. The van der Waals surface area contributed by atoms with E-state index in [2.05, 4.69) is 10.3 Å². The van der Waals surface area contributed by atoms with Crippen LogP contribution in [0.5, 0.6) is 0 Å². The summed E-state index contributed by atoms with van der Waals surface area (Å²) in [5.41, 5.74) is 0.972. The Balaban J connectivity index is 1.40. The van der Waals surface area contributed by atoms with Gasteiger partial charge in [-0.3, -0.25) is 9.78 Å². The number of nitrogens with one attached hydrogen (secondary N) is 1. The molecule has 4 bridgehead atoms. The third-order valence-electron chi connectivity index (χ3n) is 6.66. The van der Waals surface area contributed by atoms with Crippen molar-refractivity contribution in [1.82, 2.24) is 10.3 Å². The Morgan fingerprint density at radius 1 is 1.25 bits per heavy atom. The molecule has 5 aliphatic rings. The summed E-state index contributed by atoms with van der Waals surface area (Å²) in [5.74, 6) is 1.78. The molecule has 5 heteroatoms. The summed E-state index contributed by atoms with van der Waals surface area (Å²) in [6.07, 6.45) is 8.79. The second kappa shape index (κ2) is 5.18. The minimum absolute atomic E-state index is 0.0699. The van der Waals surface area contributed by atoms with Crippen LogP contribution >= 0.6 is 11.6 Å². The van der Waals surface area contributed by atoms with Crippen LogP contribution < -0.4 is 5.32 Å². The van der Waals surface area contributed by atoms with Gasteiger partial charge in [0.2, 0.25) is 0 Å². The van der Waals surface area contributed by atoms with Gasteiger partial charge >= 0.3 is 0 Å². The quantitative estimate of drug-likeness (QED) is 0.882. The molecule has 6 rings (SSSR count). The summed E-state index contributed by atoms with van der Waals surface area (Å²) in [7, 11) is 0. The first-order chi connectivity index (χ1) is 11.5. The van der Waals surface area contributed by atoms with Crippen LogP contribution in [0.1, 0.15) is 66.9 Å². The van der Waals surface area contributed by atoms with Gasteiger partial charge in [-0.25, -0.2) is 0 Å². The van der Waals surface area contributed by atoms with E-state index in [4.69, 9.17) is 11.6 Å². The molecule has 5 saturated carbocycles. The van der Waals surface area contributed by atoms with Crippen LogP contribution in [0.25, 0.3) is 0 Å². The number of amides is 1. The van der Waals surface area contributed by atoms with E-state index in [1.807, 2.05) is 0 Å². The van der Waals surface area contributed by atoms with Gasteiger partial charge in [-0.05, 0) is 68.8 Å². The summed E-state index contributed by atoms with van der Waals surface area (Å²) in [6, 6.07) is 1.89. The summed E-state index contributed by atoms with van der Waals surface area (Å²) in [6.45, 7) is 0. The number of hydrogen-bond acceptors (Lipinski definition) is 3. The summed E-state index contributed by atoms with van der Waals surface area (Å²) < 4.78 is 0. The largest absolute Gasteiger partial charge is 0.390 e. The molecule has 5 fully saturated rings. The highest BCUT2D eigenvalue weighted by Gasteiger charge is 2.55. The van der Waals surface area contributed by atoms with Crippen molar-refractivity contribution in [2.45, 2.75) is 62.5 Å². The third-order valence-corrected chi connectivity index (χ3v) is 6.97. The molecule has 5 atom stereocenters. The molecular weight excluding hydrogens is 324 g/mol. The Labute approximate surface area is 147 Å². The molecule has 5 aliphatic carbocycles. The minimum atomic E-state index is -0.469. The lowest BCUT2D eigenvalue weighted by Crippen LogP contribution is -2.61. The van der Waals surface area contributed by atoms with Crippen molar-refractivity contribution < 1.29 is 9.90 Å². The van der Waals surface area contributed by atoms with Gasteiger partial charge in [-0.2, -0.15) is 0 Å².